The number of hydrogen-bond acceptors (Lipinski definition) is 3. The van der Waals surface area contributed by atoms with E-state index in [1.807, 2.05) is 0 Å². The average molecular weight is 342 g/mol. The van der Waals surface area contributed by atoms with Gasteiger partial charge >= 0.3 is 5.97 Å². The number of carboxylic acid groups (broad SMARTS) is 1. The van der Waals surface area contributed by atoms with Gasteiger partial charge in [0.1, 0.15) is 5.54 Å². The Hall–Kier alpha value is -2.63. The van der Waals surface area contributed by atoms with Crippen molar-refractivity contribution in [3.63, 3.8) is 0 Å². The Kier molecular flexibility index (Phi) is 4.88. The van der Waals surface area contributed by atoms with Crippen LogP contribution < -0.4 is 10.6 Å². The molecule has 2 amide bonds. The molecule has 0 aliphatic heterocycles. The summed E-state index contributed by atoms with van der Waals surface area (Å²) in [5.41, 5.74) is 0.227. The first-order valence-electron chi connectivity index (χ1n) is 8.63. The number of amides is 2. The highest BCUT2D eigenvalue weighted by Crippen LogP contribution is 2.29. The van der Waals surface area contributed by atoms with Gasteiger partial charge in [-0.25, -0.2) is 4.79 Å². The molecule has 25 heavy (non-hydrogen) atoms. The molecule has 1 aromatic carbocycles. The zero-order valence-electron chi connectivity index (χ0n) is 14.0. The van der Waals surface area contributed by atoms with Gasteiger partial charge in [-0.2, -0.15) is 0 Å². The van der Waals surface area contributed by atoms with E-state index < -0.39 is 17.4 Å². The third kappa shape index (κ3) is 4.26. The fourth-order valence-electron chi connectivity index (χ4n) is 3.06. The molecule has 3 N–H and O–H groups in total. The van der Waals surface area contributed by atoms with Crippen molar-refractivity contribution >= 4 is 23.9 Å². The molecule has 3 rings (SSSR count). The lowest BCUT2D eigenvalue weighted by Crippen LogP contribution is -2.52. The molecule has 6 nitrogen and oxygen atoms in total. The summed E-state index contributed by atoms with van der Waals surface area (Å²) in [5.74, 6) is -1.47. The van der Waals surface area contributed by atoms with Gasteiger partial charge in [0, 0.05) is 17.7 Å². The summed E-state index contributed by atoms with van der Waals surface area (Å²) in [7, 11) is 0. The van der Waals surface area contributed by atoms with Crippen LogP contribution in [0.15, 0.2) is 30.3 Å². The Morgan fingerprint density at radius 2 is 1.72 bits per heavy atom. The molecule has 0 unspecified atom stereocenters. The van der Waals surface area contributed by atoms with Crippen LogP contribution in [0.2, 0.25) is 0 Å². The fraction of sp³-hybridized carbons (Fsp3) is 0.421. The van der Waals surface area contributed by atoms with Crippen molar-refractivity contribution in [1.82, 2.24) is 10.6 Å². The maximum atomic E-state index is 12.1. The minimum atomic E-state index is -1.13. The van der Waals surface area contributed by atoms with E-state index in [1.165, 1.54) is 6.08 Å². The first-order chi connectivity index (χ1) is 12.0. The minimum Gasteiger partial charge on any atom is -0.480 e. The van der Waals surface area contributed by atoms with Gasteiger partial charge in [0.05, 0.1) is 0 Å². The zero-order chi connectivity index (χ0) is 17.9. The molecular weight excluding hydrogens is 320 g/mol. The van der Waals surface area contributed by atoms with E-state index in [2.05, 4.69) is 10.6 Å². The van der Waals surface area contributed by atoms with Gasteiger partial charge in [-0.15, -0.1) is 0 Å². The van der Waals surface area contributed by atoms with E-state index >= 15 is 0 Å². The summed E-state index contributed by atoms with van der Waals surface area (Å²) in [5, 5.41) is 14.9. The third-order valence-electron chi connectivity index (χ3n) is 4.74. The highest BCUT2D eigenvalue weighted by atomic mass is 16.4. The Morgan fingerprint density at radius 3 is 2.28 bits per heavy atom. The van der Waals surface area contributed by atoms with Crippen LogP contribution in [0.4, 0.5) is 0 Å². The van der Waals surface area contributed by atoms with E-state index in [-0.39, 0.29) is 5.91 Å². The van der Waals surface area contributed by atoms with Crippen LogP contribution in [0.1, 0.15) is 54.4 Å². The van der Waals surface area contributed by atoms with Crippen molar-refractivity contribution in [2.75, 3.05) is 0 Å². The highest BCUT2D eigenvalue weighted by molar-refractivity contribution is 5.97. The summed E-state index contributed by atoms with van der Waals surface area (Å²) in [6, 6.07) is 7.26. The van der Waals surface area contributed by atoms with Gasteiger partial charge < -0.3 is 15.7 Å². The number of carbonyl (C=O) groups excluding carboxylic acids is 2. The largest absolute Gasteiger partial charge is 0.480 e. The highest BCUT2D eigenvalue weighted by Gasteiger charge is 2.42. The second-order valence-electron chi connectivity index (χ2n) is 6.79. The number of nitrogens with one attached hydrogen (secondary N) is 2. The first kappa shape index (κ1) is 17.2. The van der Waals surface area contributed by atoms with Gasteiger partial charge in [0.25, 0.3) is 5.91 Å². The molecule has 0 spiro atoms. The third-order valence-corrected chi connectivity index (χ3v) is 4.74. The SMILES string of the molecule is O=C(/C=C/c1ccc(C(=O)NC2CC2)cc1)NC1(C(=O)O)CCCC1. The predicted molar refractivity (Wildman–Crippen MR) is 92.9 cm³/mol. The van der Waals surface area contributed by atoms with Crippen molar-refractivity contribution in [3.8, 4) is 0 Å². The summed E-state index contributed by atoms with van der Waals surface area (Å²) in [6.45, 7) is 0. The number of hydrogen-bond donors (Lipinski definition) is 3. The average Bonchev–Trinajstić information content (AvgIpc) is 3.28. The van der Waals surface area contributed by atoms with Gasteiger partial charge in [-0.3, -0.25) is 9.59 Å². The predicted octanol–water partition coefficient (Wildman–Crippen LogP) is 2.11. The van der Waals surface area contributed by atoms with E-state index in [0.717, 1.165) is 31.2 Å². The van der Waals surface area contributed by atoms with Crippen LogP contribution in [0.25, 0.3) is 6.08 Å². The number of carboxylic acids is 1. The summed E-state index contributed by atoms with van der Waals surface area (Å²) < 4.78 is 0. The summed E-state index contributed by atoms with van der Waals surface area (Å²) in [4.78, 5) is 35.4. The molecule has 0 heterocycles. The van der Waals surface area contributed by atoms with Gasteiger partial charge in [-0.05, 0) is 49.5 Å². The monoisotopic (exact) mass is 342 g/mol. The quantitative estimate of drug-likeness (QED) is 0.690. The van der Waals surface area contributed by atoms with Crippen molar-refractivity contribution in [1.29, 1.82) is 0 Å². The number of rotatable bonds is 6. The van der Waals surface area contributed by atoms with Crippen LogP contribution in [-0.4, -0.2) is 34.5 Å². The fourth-order valence-corrected chi connectivity index (χ4v) is 3.06. The normalized spacial score (nSPS) is 18.9. The molecule has 0 saturated heterocycles. The molecule has 6 heteroatoms. The lowest BCUT2D eigenvalue weighted by molar-refractivity contribution is -0.146. The molecule has 2 fully saturated rings. The smallest absolute Gasteiger partial charge is 0.329 e. The molecule has 0 bridgehead atoms. The van der Waals surface area contributed by atoms with Crippen molar-refractivity contribution in [2.24, 2.45) is 0 Å². The Bertz CT molecular complexity index is 699. The zero-order valence-corrected chi connectivity index (χ0v) is 14.0. The molecule has 0 atom stereocenters. The number of aliphatic carboxylic acids is 1. The number of benzene rings is 1. The molecule has 1 aromatic rings. The molecule has 0 aromatic heterocycles. The van der Waals surface area contributed by atoms with Crippen molar-refractivity contribution < 1.29 is 19.5 Å². The Morgan fingerprint density at radius 1 is 1.08 bits per heavy atom. The van der Waals surface area contributed by atoms with E-state index in [1.54, 1.807) is 30.3 Å². The molecule has 0 radical (unpaired) electrons. The molecule has 2 saturated carbocycles. The maximum Gasteiger partial charge on any atom is 0.329 e. The molecule has 2 aliphatic carbocycles. The van der Waals surface area contributed by atoms with Crippen molar-refractivity contribution in [2.45, 2.75) is 50.1 Å². The summed E-state index contributed by atoms with van der Waals surface area (Å²) >= 11 is 0. The lowest BCUT2D eigenvalue weighted by Gasteiger charge is -2.24. The van der Waals surface area contributed by atoms with E-state index in [0.29, 0.717) is 24.4 Å². The minimum absolute atomic E-state index is 0.0830. The molecule has 132 valence electrons. The second-order valence-corrected chi connectivity index (χ2v) is 6.79. The lowest BCUT2D eigenvalue weighted by atomic mass is 9.98. The van der Waals surface area contributed by atoms with Crippen LogP contribution in [0.3, 0.4) is 0 Å². The first-order valence-corrected chi connectivity index (χ1v) is 8.63. The second kappa shape index (κ2) is 7.09. The Balaban J connectivity index is 1.58. The van der Waals surface area contributed by atoms with Gasteiger partial charge in [0.15, 0.2) is 0 Å². The van der Waals surface area contributed by atoms with Gasteiger partial charge in [-0.1, -0.05) is 25.0 Å². The molecule has 2 aliphatic rings. The van der Waals surface area contributed by atoms with Crippen LogP contribution in [-0.2, 0) is 9.59 Å². The standard InChI is InChI=1S/C19H22N2O4/c22-16(21-19(18(24)25)11-1-2-12-19)10-5-13-3-6-14(7-4-13)17(23)20-15-8-9-15/h3-7,10,15H,1-2,8-9,11-12H2,(H,20,23)(H,21,22)(H,24,25)/b10-5+. The molecular formula is C19H22N2O4. The van der Waals surface area contributed by atoms with E-state index in [9.17, 15) is 19.5 Å². The van der Waals surface area contributed by atoms with E-state index in [4.69, 9.17) is 0 Å². The van der Waals surface area contributed by atoms with Crippen LogP contribution >= 0.6 is 0 Å². The van der Waals surface area contributed by atoms with Crippen molar-refractivity contribution in [3.05, 3.63) is 41.5 Å². The van der Waals surface area contributed by atoms with Crippen LogP contribution in [0, 0.1) is 0 Å². The van der Waals surface area contributed by atoms with Crippen LogP contribution in [0.5, 0.6) is 0 Å². The van der Waals surface area contributed by atoms with Gasteiger partial charge in [0.2, 0.25) is 5.91 Å². The Labute approximate surface area is 146 Å². The maximum absolute atomic E-state index is 12.1. The summed E-state index contributed by atoms with van der Waals surface area (Å²) in [6.07, 6.45) is 7.57. The number of carbonyl (C=O) groups is 3. The topological polar surface area (TPSA) is 95.5 Å².